The van der Waals surface area contributed by atoms with E-state index in [1.807, 2.05) is 0 Å². The van der Waals surface area contributed by atoms with Crippen molar-refractivity contribution in [2.45, 2.75) is 59.9 Å². The van der Waals surface area contributed by atoms with Crippen LogP contribution < -0.4 is 5.32 Å². The highest BCUT2D eigenvalue weighted by atomic mass is 16.4. The van der Waals surface area contributed by atoms with Gasteiger partial charge < -0.3 is 20.3 Å². The van der Waals surface area contributed by atoms with Crippen molar-refractivity contribution in [2.75, 3.05) is 0 Å². The number of carboxylic acids is 2. The maximum Gasteiger partial charge on any atom is 0.326 e. The molecule has 0 aliphatic carbocycles. The normalized spacial score (nSPS) is 13.3. The molecule has 0 fully saturated rings. The van der Waals surface area contributed by atoms with E-state index in [1.165, 1.54) is 20.8 Å². The molecule has 0 heterocycles. The number of carboxylic acid groups (broad SMARTS) is 2. The van der Waals surface area contributed by atoms with Crippen LogP contribution >= 0.6 is 0 Å². The summed E-state index contributed by atoms with van der Waals surface area (Å²) in [4.78, 5) is 45.5. The lowest BCUT2D eigenvalue weighted by molar-refractivity contribution is -0.151. The van der Waals surface area contributed by atoms with Crippen LogP contribution in [-0.2, 0) is 19.2 Å². The maximum atomic E-state index is 12.3. The fraction of sp³-hybridized carbons (Fsp3) is 0.733. The first kappa shape index (κ1) is 20.1. The number of rotatable bonds is 9. The van der Waals surface area contributed by atoms with E-state index in [9.17, 15) is 19.2 Å². The zero-order chi connectivity index (χ0) is 17.7. The standard InChI is InChI=1S/C15H25NO6/c1-9(17)6-7-10(11(18)19)16-12(20)14(2,3)8-15(4,5)13(21)22/h10H,6-8H2,1-5H3,(H,16,20)(H,18,19)(H,21,22)/t10-/m1/s1. The molecule has 0 unspecified atom stereocenters. The van der Waals surface area contributed by atoms with Crippen LogP contribution in [0.4, 0.5) is 0 Å². The fourth-order valence-electron chi connectivity index (χ4n) is 2.22. The Kier molecular flexibility index (Phi) is 6.73. The van der Waals surface area contributed by atoms with Gasteiger partial charge >= 0.3 is 11.9 Å². The van der Waals surface area contributed by atoms with Crippen molar-refractivity contribution in [1.29, 1.82) is 0 Å². The van der Waals surface area contributed by atoms with Crippen molar-refractivity contribution in [1.82, 2.24) is 5.32 Å². The van der Waals surface area contributed by atoms with Crippen molar-refractivity contribution < 1.29 is 29.4 Å². The smallest absolute Gasteiger partial charge is 0.326 e. The van der Waals surface area contributed by atoms with Crippen LogP contribution in [0.2, 0.25) is 0 Å². The van der Waals surface area contributed by atoms with Crippen molar-refractivity contribution >= 4 is 23.6 Å². The highest BCUT2D eigenvalue weighted by molar-refractivity contribution is 5.88. The Hall–Kier alpha value is -1.92. The van der Waals surface area contributed by atoms with Crippen LogP contribution in [0.5, 0.6) is 0 Å². The second-order valence-corrected chi connectivity index (χ2v) is 6.85. The van der Waals surface area contributed by atoms with Gasteiger partial charge in [-0.25, -0.2) is 4.79 Å². The Morgan fingerprint density at radius 2 is 1.50 bits per heavy atom. The van der Waals surface area contributed by atoms with E-state index < -0.39 is 34.7 Å². The number of aliphatic carboxylic acids is 2. The van der Waals surface area contributed by atoms with Crippen molar-refractivity contribution in [3.8, 4) is 0 Å². The topological polar surface area (TPSA) is 121 Å². The van der Waals surface area contributed by atoms with Crippen LogP contribution in [0.1, 0.15) is 53.9 Å². The molecular weight excluding hydrogens is 290 g/mol. The molecule has 3 N–H and O–H groups in total. The summed E-state index contributed by atoms with van der Waals surface area (Å²) in [5.74, 6) is -2.95. The number of carbonyl (C=O) groups excluding carboxylic acids is 2. The lowest BCUT2D eigenvalue weighted by atomic mass is 9.74. The average Bonchev–Trinajstić information content (AvgIpc) is 2.31. The van der Waals surface area contributed by atoms with Crippen LogP contribution in [0, 0.1) is 10.8 Å². The molecule has 22 heavy (non-hydrogen) atoms. The number of hydrogen-bond donors (Lipinski definition) is 3. The first-order valence-corrected chi connectivity index (χ1v) is 7.06. The highest BCUT2D eigenvalue weighted by Crippen LogP contribution is 2.34. The molecule has 7 nitrogen and oxygen atoms in total. The van der Waals surface area contributed by atoms with Crippen LogP contribution in [0.25, 0.3) is 0 Å². The van der Waals surface area contributed by atoms with Crippen LogP contribution in [-0.4, -0.2) is 39.9 Å². The molecule has 0 spiro atoms. The second kappa shape index (κ2) is 7.38. The van der Waals surface area contributed by atoms with E-state index in [2.05, 4.69) is 5.32 Å². The molecule has 0 aliphatic heterocycles. The van der Waals surface area contributed by atoms with Gasteiger partial charge in [0.2, 0.25) is 5.91 Å². The SMILES string of the molecule is CC(=O)CC[C@@H](NC(=O)C(C)(C)CC(C)(C)C(=O)O)C(=O)O. The molecule has 126 valence electrons. The predicted octanol–water partition coefficient (Wildman–Crippen LogP) is 1.45. The molecule has 0 saturated carbocycles. The summed E-state index contributed by atoms with van der Waals surface area (Å²) in [6, 6.07) is -1.16. The maximum absolute atomic E-state index is 12.3. The van der Waals surface area contributed by atoms with E-state index in [1.54, 1.807) is 13.8 Å². The van der Waals surface area contributed by atoms with E-state index in [0.29, 0.717) is 0 Å². The zero-order valence-electron chi connectivity index (χ0n) is 13.7. The summed E-state index contributed by atoms with van der Waals surface area (Å²) in [6.45, 7) is 7.50. The summed E-state index contributed by atoms with van der Waals surface area (Å²) >= 11 is 0. The molecule has 0 radical (unpaired) electrons. The number of hydrogen-bond acceptors (Lipinski definition) is 4. The predicted molar refractivity (Wildman–Crippen MR) is 79.3 cm³/mol. The Morgan fingerprint density at radius 1 is 1.00 bits per heavy atom. The molecule has 7 heteroatoms. The molecule has 1 amide bonds. The van der Waals surface area contributed by atoms with Crippen LogP contribution in [0.15, 0.2) is 0 Å². The van der Waals surface area contributed by atoms with Gasteiger partial charge in [-0.05, 0) is 33.6 Å². The molecule has 0 aromatic rings. The lowest BCUT2D eigenvalue weighted by Gasteiger charge is -2.32. The Balaban J connectivity index is 4.94. The van der Waals surface area contributed by atoms with E-state index in [4.69, 9.17) is 10.2 Å². The molecule has 0 bridgehead atoms. The van der Waals surface area contributed by atoms with Crippen molar-refractivity contribution in [2.24, 2.45) is 10.8 Å². The molecule has 0 saturated heterocycles. The largest absolute Gasteiger partial charge is 0.481 e. The Bertz CT molecular complexity index is 467. The molecule has 0 rings (SSSR count). The van der Waals surface area contributed by atoms with Gasteiger partial charge in [-0.3, -0.25) is 9.59 Å². The molecule has 0 aliphatic rings. The van der Waals surface area contributed by atoms with E-state index in [-0.39, 0.29) is 25.0 Å². The second-order valence-electron chi connectivity index (χ2n) is 6.85. The molecular formula is C15H25NO6. The Morgan fingerprint density at radius 3 is 1.86 bits per heavy atom. The number of nitrogens with one attached hydrogen (secondary N) is 1. The first-order chi connectivity index (χ1) is 9.79. The monoisotopic (exact) mass is 315 g/mol. The van der Waals surface area contributed by atoms with E-state index in [0.717, 1.165) is 0 Å². The summed E-state index contributed by atoms with van der Waals surface area (Å²) in [5.41, 5.74) is -2.16. The minimum Gasteiger partial charge on any atom is -0.481 e. The molecule has 0 aromatic carbocycles. The van der Waals surface area contributed by atoms with Gasteiger partial charge in [0.1, 0.15) is 11.8 Å². The minimum atomic E-state index is -1.22. The van der Waals surface area contributed by atoms with Gasteiger partial charge in [0.25, 0.3) is 0 Å². The van der Waals surface area contributed by atoms with Crippen LogP contribution in [0.3, 0.4) is 0 Å². The Labute approximate surface area is 130 Å². The molecule has 1 atom stereocenters. The third-order valence-corrected chi connectivity index (χ3v) is 3.47. The van der Waals surface area contributed by atoms with Gasteiger partial charge in [-0.2, -0.15) is 0 Å². The number of Topliss-reactive ketones (excluding diaryl/α,β-unsaturated/α-hetero) is 1. The van der Waals surface area contributed by atoms with Gasteiger partial charge in [-0.15, -0.1) is 0 Å². The van der Waals surface area contributed by atoms with Crippen molar-refractivity contribution in [3.05, 3.63) is 0 Å². The van der Waals surface area contributed by atoms with Gasteiger partial charge in [0.05, 0.1) is 5.41 Å². The third-order valence-electron chi connectivity index (χ3n) is 3.47. The number of ketones is 1. The van der Waals surface area contributed by atoms with Gasteiger partial charge in [0.15, 0.2) is 0 Å². The van der Waals surface area contributed by atoms with Gasteiger partial charge in [0, 0.05) is 11.8 Å². The lowest BCUT2D eigenvalue weighted by Crippen LogP contribution is -2.48. The first-order valence-electron chi connectivity index (χ1n) is 7.06. The quantitative estimate of drug-likeness (QED) is 0.592. The minimum absolute atomic E-state index is 0.00874. The fourth-order valence-corrected chi connectivity index (χ4v) is 2.22. The average molecular weight is 315 g/mol. The molecule has 0 aromatic heterocycles. The van der Waals surface area contributed by atoms with Gasteiger partial charge in [-0.1, -0.05) is 13.8 Å². The number of carbonyl (C=O) groups is 4. The summed E-state index contributed by atoms with van der Waals surface area (Å²) in [5, 5.41) is 20.6. The summed E-state index contributed by atoms with van der Waals surface area (Å²) in [7, 11) is 0. The highest BCUT2D eigenvalue weighted by Gasteiger charge is 2.40. The zero-order valence-corrected chi connectivity index (χ0v) is 13.7. The third kappa shape index (κ3) is 6.24. The summed E-state index contributed by atoms with van der Waals surface area (Å²) in [6.07, 6.45) is 0.118. The number of amides is 1. The summed E-state index contributed by atoms with van der Waals surface area (Å²) < 4.78 is 0. The van der Waals surface area contributed by atoms with Crippen molar-refractivity contribution in [3.63, 3.8) is 0 Å². The van der Waals surface area contributed by atoms with E-state index >= 15 is 0 Å².